The molecule has 1 amide bonds. The first-order valence-corrected chi connectivity index (χ1v) is 8.63. The fourth-order valence-electron chi connectivity index (χ4n) is 2.26. The van der Waals surface area contributed by atoms with E-state index < -0.39 is 0 Å². The topological polar surface area (TPSA) is 38.3 Å². The van der Waals surface area contributed by atoms with Gasteiger partial charge < -0.3 is 10.1 Å². The average Bonchev–Trinajstić information content (AvgIpc) is 2.62. The van der Waals surface area contributed by atoms with Gasteiger partial charge in [-0.25, -0.2) is 0 Å². The van der Waals surface area contributed by atoms with Crippen molar-refractivity contribution < 1.29 is 9.53 Å². The summed E-state index contributed by atoms with van der Waals surface area (Å²) in [4.78, 5) is 12.4. The molecule has 3 nitrogen and oxygen atoms in total. The van der Waals surface area contributed by atoms with E-state index in [0.29, 0.717) is 23.6 Å². The van der Waals surface area contributed by atoms with Gasteiger partial charge in [-0.3, -0.25) is 4.79 Å². The van der Waals surface area contributed by atoms with E-state index in [2.05, 4.69) is 27.9 Å². The SMILES string of the molecule is O=C(Nc1ccccc1OCc1ccccc1)c1cccc(I)c1. The zero-order valence-corrected chi connectivity index (χ0v) is 15.1. The van der Waals surface area contributed by atoms with Crippen molar-refractivity contribution in [2.24, 2.45) is 0 Å². The van der Waals surface area contributed by atoms with Crippen molar-refractivity contribution >= 4 is 34.2 Å². The molecule has 3 aromatic rings. The summed E-state index contributed by atoms with van der Waals surface area (Å²) in [6, 6.07) is 24.9. The largest absolute Gasteiger partial charge is 0.487 e. The summed E-state index contributed by atoms with van der Waals surface area (Å²) >= 11 is 2.19. The molecule has 0 saturated heterocycles. The van der Waals surface area contributed by atoms with E-state index in [-0.39, 0.29) is 5.91 Å². The summed E-state index contributed by atoms with van der Waals surface area (Å²) in [5.74, 6) is 0.504. The zero-order valence-electron chi connectivity index (χ0n) is 12.9. The molecule has 0 spiro atoms. The lowest BCUT2D eigenvalue weighted by Gasteiger charge is -2.12. The first-order chi connectivity index (χ1) is 11.7. The van der Waals surface area contributed by atoms with Crippen molar-refractivity contribution in [3.8, 4) is 5.75 Å². The van der Waals surface area contributed by atoms with E-state index in [0.717, 1.165) is 9.13 Å². The number of para-hydroxylation sites is 2. The minimum atomic E-state index is -0.149. The van der Waals surface area contributed by atoms with Gasteiger partial charge in [-0.15, -0.1) is 0 Å². The highest BCUT2D eigenvalue weighted by atomic mass is 127. The second-order valence-electron chi connectivity index (χ2n) is 5.23. The summed E-state index contributed by atoms with van der Waals surface area (Å²) in [6.07, 6.45) is 0. The van der Waals surface area contributed by atoms with Gasteiger partial charge in [0.2, 0.25) is 0 Å². The molecule has 0 aliphatic carbocycles. The molecule has 24 heavy (non-hydrogen) atoms. The van der Waals surface area contributed by atoms with Gasteiger partial charge in [-0.05, 0) is 58.5 Å². The van der Waals surface area contributed by atoms with Gasteiger partial charge in [0, 0.05) is 9.13 Å². The number of carbonyl (C=O) groups is 1. The Morgan fingerprint density at radius 3 is 2.46 bits per heavy atom. The molecule has 0 saturated carbocycles. The van der Waals surface area contributed by atoms with Crippen molar-refractivity contribution in [2.75, 3.05) is 5.32 Å². The Balaban J connectivity index is 1.73. The maximum absolute atomic E-state index is 12.4. The number of benzene rings is 3. The van der Waals surface area contributed by atoms with Gasteiger partial charge in [-0.1, -0.05) is 48.5 Å². The summed E-state index contributed by atoms with van der Waals surface area (Å²) < 4.78 is 6.89. The Labute approximate surface area is 154 Å². The molecule has 3 rings (SSSR count). The molecule has 120 valence electrons. The van der Waals surface area contributed by atoms with Crippen molar-refractivity contribution in [1.82, 2.24) is 0 Å². The van der Waals surface area contributed by atoms with Crippen molar-refractivity contribution in [1.29, 1.82) is 0 Å². The lowest BCUT2D eigenvalue weighted by molar-refractivity contribution is 0.102. The molecule has 0 heterocycles. The van der Waals surface area contributed by atoms with Crippen LogP contribution in [0.15, 0.2) is 78.9 Å². The molecule has 4 heteroatoms. The van der Waals surface area contributed by atoms with E-state index in [9.17, 15) is 4.79 Å². The van der Waals surface area contributed by atoms with E-state index in [1.807, 2.05) is 72.8 Å². The van der Waals surface area contributed by atoms with E-state index in [1.165, 1.54) is 0 Å². The van der Waals surface area contributed by atoms with Crippen LogP contribution in [0.2, 0.25) is 0 Å². The quantitative estimate of drug-likeness (QED) is 0.572. The van der Waals surface area contributed by atoms with Crippen LogP contribution in [0.1, 0.15) is 15.9 Å². The van der Waals surface area contributed by atoms with Crippen molar-refractivity contribution in [3.05, 3.63) is 93.6 Å². The maximum Gasteiger partial charge on any atom is 0.255 e. The molecular weight excluding hydrogens is 413 g/mol. The fraction of sp³-hybridized carbons (Fsp3) is 0.0500. The number of nitrogens with one attached hydrogen (secondary N) is 1. The van der Waals surface area contributed by atoms with Gasteiger partial charge in [-0.2, -0.15) is 0 Å². The first kappa shape index (κ1) is 16.5. The fourth-order valence-corrected chi connectivity index (χ4v) is 2.80. The van der Waals surface area contributed by atoms with Gasteiger partial charge in [0.15, 0.2) is 0 Å². The number of hydrogen-bond acceptors (Lipinski definition) is 2. The number of halogens is 1. The third-order valence-corrected chi connectivity index (χ3v) is 4.13. The van der Waals surface area contributed by atoms with Gasteiger partial charge >= 0.3 is 0 Å². The Morgan fingerprint density at radius 2 is 1.67 bits per heavy atom. The minimum absolute atomic E-state index is 0.149. The molecule has 1 N–H and O–H groups in total. The predicted octanol–water partition coefficient (Wildman–Crippen LogP) is 5.12. The molecule has 0 atom stereocenters. The molecular formula is C20H16INO2. The molecule has 0 unspecified atom stereocenters. The lowest BCUT2D eigenvalue weighted by atomic mass is 10.2. The number of rotatable bonds is 5. The number of carbonyl (C=O) groups excluding carboxylic acids is 1. The second-order valence-corrected chi connectivity index (χ2v) is 6.48. The Morgan fingerprint density at radius 1 is 0.917 bits per heavy atom. The van der Waals surface area contributed by atoms with Crippen molar-refractivity contribution in [2.45, 2.75) is 6.61 Å². The minimum Gasteiger partial charge on any atom is -0.487 e. The third kappa shape index (κ3) is 4.35. The highest BCUT2D eigenvalue weighted by Gasteiger charge is 2.10. The van der Waals surface area contributed by atoms with Gasteiger partial charge in [0.05, 0.1) is 5.69 Å². The van der Waals surface area contributed by atoms with Crippen LogP contribution in [0.5, 0.6) is 5.75 Å². The molecule has 0 aliphatic heterocycles. The van der Waals surface area contributed by atoms with Crippen LogP contribution in [0.3, 0.4) is 0 Å². The van der Waals surface area contributed by atoms with E-state index in [4.69, 9.17) is 4.74 Å². The monoisotopic (exact) mass is 429 g/mol. The predicted molar refractivity (Wildman–Crippen MR) is 104 cm³/mol. The zero-order chi connectivity index (χ0) is 16.8. The first-order valence-electron chi connectivity index (χ1n) is 7.55. The highest BCUT2D eigenvalue weighted by molar-refractivity contribution is 14.1. The number of amides is 1. The van der Waals surface area contributed by atoms with Gasteiger partial charge in [0.1, 0.15) is 12.4 Å². The summed E-state index contributed by atoms with van der Waals surface area (Å²) in [5.41, 5.74) is 2.37. The summed E-state index contributed by atoms with van der Waals surface area (Å²) in [6.45, 7) is 0.455. The van der Waals surface area contributed by atoms with Crippen LogP contribution in [0.25, 0.3) is 0 Å². The summed E-state index contributed by atoms with van der Waals surface area (Å²) in [7, 11) is 0. The van der Waals surface area contributed by atoms with Crippen LogP contribution < -0.4 is 10.1 Å². The molecule has 0 aromatic heterocycles. The van der Waals surface area contributed by atoms with Crippen LogP contribution >= 0.6 is 22.6 Å². The van der Waals surface area contributed by atoms with Gasteiger partial charge in [0.25, 0.3) is 5.91 Å². The standard InChI is InChI=1S/C20H16INO2/c21-17-10-6-9-16(13-17)20(23)22-18-11-4-5-12-19(18)24-14-15-7-2-1-3-8-15/h1-13H,14H2,(H,22,23). The molecule has 0 radical (unpaired) electrons. The third-order valence-electron chi connectivity index (χ3n) is 3.46. The second kappa shape index (κ2) is 7.97. The van der Waals surface area contributed by atoms with E-state index in [1.54, 1.807) is 6.07 Å². The van der Waals surface area contributed by atoms with Crippen molar-refractivity contribution in [3.63, 3.8) is 0 Å². The Hall–Kier alpha value is -2.34. The molecule has 3 aromatic carbocycles. The highest BCUT2D eigenvalue weighted by Crippen LogP contribution is 2.25. The molecule has 0 aliphatic rings. The lowest BCUT2D eigenvalue weighted by Crippen LogP contribution is -2.13. The Kier molecular flexibility index (Phi) is 5.48. The number of anilines is 1. The van der Waals surface area contributed by atoms with Crippen LogP contribution in [-0.2, 0) is 6.61 Å². The Bertz CT molecular complexity index is 834. The normalized spacial score (nSPS) is 10.2. The maximum atomic E-state index is 12.4. The number of ether oxygens (including phenoxy) is 1. The number of hydrogen-bond donors (Lipinski definition) is 1. The molecule has 0 bridgehead atoms. The van der Waals surface area contributed by atoms with E-state index >= 15 is 0 Å². The van der Waals surface area contributed by atoms with Crippen LogP contribution in [-0.4, -0.2) is 5.91 Å². The summed E-state index contributed by atoms with van der Waals surface area (Å²) in [5, 5.41) is 2.92. The smallest absolute Gasteiger partial charge is 0.255 e. The molecule has 0 fully saturated rings. The van der Waals surface area contributed by atoms with Crippen LogP contribution in [0.4, 0.5) is 5.69 Å². The van der Waals surface area contributed by atoms with Crippen LogP contribution in [0, 0.1) is 3.57 Å². The average molecular weight is 429 g/mol.